The first-order valence-corrected chi connectivity index (χ1v) is 12.4. The number of nitrogens with two attached hydrogens (primary N) is 1. The van der Waals surface area contributed by atoms with Crippen LogP contribution in [0.5, 0.6) is 0 Å². The van der Waals surface area contributed by atoms with Crippen LogP contribution in [0.25, 0.3) is 11.1 Å². The molecule has 1 aliphatic rings. The predicted molar refractivity (Wildman–Crippen MR) is 137 cm³/mol. The number of carbonyl (C=O) groups is 3. The Labute approximate surface area is 219 Å². The highest BCUT2D eigenvalue weighted by Gasteiger charge is 2.43. The van der Waals surface area contributed by atoms with Gasteiger partial charge in [0.05, 0.1) is 12.3 Å². The van der Waals surface area contributed by atoms with Crippen molar-refractivity contribution in [2.45, 2.75) is 50.9 Å². The van der Waals surface area contributed by atoms with E-state index in [-0.39, 0.29) is 25.3 Å². The van der Waals surface area contributed by atoms with Gasteiger partial charge in [-0.2, -0.15) is 4.39 Å². The van der Waals surface area contributed by atoms with Crippen molar-refractivity contribution in [3.8, 4) is 11.1 Å². The lowest BCUT2D eigenvalue weighted by Crippen LogP contribution is -2.54. The Bertz CT molecular complexity index is 1280. The largest absolute Gasteiger partial charge is 0.391 e. The number of β-amino-alcohol motifs (C(OH)–C–C–N with tert-alkyl or cyclic N) is 1. The minimum atomic E-state index is -1.03. The van der Waals surface area contributed by atoms with Gasteiger partial charge >= 0.3 is 0 Å². The molecule has 200 valence electrons. The van der Waals surface area contributed by atoms with Crippen molar-refractivity contribution in [3.05, 3.63) is 72.3 Å². The molecule has 38 heavy (non-hydrogen) atoms. The van der Waals surface area contributed by atoms with E-state index in [4.69, 9.17) is 5.73 Å². The number of hydrogen-bond acceptors (Lipinski definition) is 6. The Hall–Kier alpha value is -4.12. The molecule has 0 bridgehead atoms. The van der Waals surface area contributed by atoms with E-state index in [1.807, 2.05) is 54.6 Å². The number of amides is 3. The topological polar surface area (TPSA) is 143 Å². The fraction of sp³-hybridized carbons (Fsp3) is 0.370. The number of likely N-dealkylation sites (tertiary alicyclic amines) is 1. The van der Waals surface area contributed by atoms with Crippen LogP contribution in [0.1, 0.15) is 31.9 Å². The molecule has 3 amide bonds. The van der Waals surface area contributed by atoms with Gasteiger partial charge in [-0.15, -0.1) is 0 Å². The van der Waals surface area contributed by atoms with Crippen LogP contribution in [0, 0.1) is 11.9 Å². The number of aromatic nitrogens is 3. The second-order valence-electron chi connectivity index (χ2n) is 9.84. The summed E-state index contributed by atoms with van der Waals surface area (Å²) in [5, 5.41) is 20.0. The van der Waals surface area contributed by atoms with Crippen LogP contribution in [-0.2, 0) is 20.8 Å². The van der Waals surface area contributed by atoms with E-state index in [0.717, 1.165) is 27.6 Å². The average Bonchev–Trinajstić information content (AvgIpc) is 3.49. The number of nitrogens with one attached hydrogen (secondary N) is 1. The molecule has 0 radical (unpaired) electrons. The summed E-state index contributed by atoms with van der Waals surface area (Å²) in [6.45, 7) is 3.44. The van der Waals surface area contributed by atoms with Crippen LogP contribution < -0.4 is 11.1 Å². The lowest BCUT2D eigenvalue weighted by Gasteiger charge is -2.30. The van der Waals surface area contributed by atoms with E-state index >= 15 is 0 Å². The predicted octanol–water partition coefficient (Wildman–Crippen LogP) is 1.46. The monoisotopic (exact) mass is 522 g/mol. The lowest BCUT2D eigenvalue weighted by atomic mass is 10.00. The molecule has 0 spiro atoms. The third-order valence-electron chi connectivity index (χ3n) is 6.68. The molecule has 1 saturated heterocycles. The number of primary amides is 1. The molecule has 4 rings (SSSR count). The number of aliphatic hydroxyl groups is 1. The van der Waals surface area contributed by atoms with Crippen molar-refractivity contribution in [1.29, 1.82) is 0 Å². The summed E-state index contributed by atoms with van der Waals surface area (Å²) >= 11 is 0. The number of carbonyl (C=O) groups excluding carboxylic acids is 3. The lowest BCUT2D eigenvalue weighted by molar-refractivity contribution is -0.143. The van der Waals surface area contributed by atoms with Gasteiger partial charge in [-0.3, -0.25) is 14.4 Å². The average molecular weight is 523 g/mol. The van der Waals surface area contributed by atoms with Gasteiger partial charge in [0.1, 0.15) is 18.1 Å². The van der Waals surface area contributed by atoms with Crippen LogP contribution in [-0.4, -0.2) is 67.5 Å². The van der Waals surface area contributed by atoms with Gasteiger partial charge < -0.3 is 21.1 Å². The summed E-state index contributed by atoms with van der Waals surface area (Å²) < 4.78 is 14.6. The van der Waals surface area contributed by atoms with Crippen LogP contribution >= 0.6 is 0 Å². The molecule has 2 aromatic carbocycles. The van der Waals surface area contributed by atoms with Gasteiger partial charge in [0.25, 0.3) is 5.95 Å². The highest BCUT2D eigenvalue weighted by Crippen LogP contribution is 2.27. The smallest absolute Gasteiger partial charge is 0.252 e. The molecule has 1 aliphatic heterocycles. The zero-order valence-corrected chi connectivity index (χ0v) is 21.2. The fourth-order valence-corrected chi connectivity index (χ4v) is 4.76. The number of benzene rings is 2. The van der Waals surface area contributed by atoms with Crippen LogP contribution in [0.4, 0.5) is 4.39 Å². The zero-order chi connectivity index (χ0) is 27.4. The van der Waals surface area contributed by atoms with E-state index in [2.05, 4.69) is 15.6 Å². The van der Waals surface area contributed by atoms with E-state index in [0.29, 0.717) is 0 Å². The number of nitrogens with zero attached hydrogens (tertiary/aromatic N) is 4. The van der Waals surface area contributed by atoms with Crippen molar-refractivity contribution in [2.75, 3.05) is 6.54 Å². The Morgan fingerprint density at radius 1 is 1.11 bits per heavy atom. The van der Waals surface area contributed by atoms with Crippen LogP contribution in [0.3, 0.4) is 0 Å². The Morgan fingerprint density at radius 3 is 2.34 bits per heavy atom. The Morgan fingerprint density at radius 2 is 1.76 bits per heavy atom. The molecule has 4 N–H and O–H groups in total. The molecule has 10 nitrogen and oxygen atoms in total. The van der Waals surface area contributed by atoms with Gasteiger partial charge in [0, 0.05) is 19.4 Å². The van der Waals surface area contributed by atoms with Gasteiger partial charge in [-0.25, -0.2) is 4.68 Å². The maximum absolute atomic E-state index is 13.5. The summed E-state index contributed by atoms with van der Waals surface area (Å²) in [6, 6.07) is 14.4. The number of halogens is 1. The maximum atomic E-state index is 13.5. The van der Waals surface area contributed by atoms with Crippen molar-refractivity contribution in [2.24, 2.45) is 11.7 Å². The highest BCUT2D eigenvalue weighted by atomic mass is 19.1. The Balaban J connectivity index is 1.47. The van der Waals surface area contributed by atoms with Gasteiger partial charge in [0.2, 0.25) is 17.7 Å². The minimum absolute atomic E-state index is 0.00857. The summed E-state index contributed by atoms with van der Waals surface area (Å²) in [7, 11) is 0. The number of rotatable bonds is 9. The Kier molecular flexibility index (Phi) is 8.16. The van der Waals surface area contributed by atoms with Crippen molar-refractivity contribution in [1.82, 2.24) is 25.2 Å². The third-order valence-corrected chi connectivity index (χ3v) is 6.68. The van der Waals surface area contributed by atoms with Gasteiger partial charge in [0.15, 0.2) is 0 Å². The van der Waals surface area contributed by atoms with E-state index in [1.54, 1.807) is 13.8 Å². The summed E-state index contributed by atoms with van der Waals surface area (Å²) in [6.07, 6.45) is 0.223. The molecule has 1 aromatic heterocycles. The summed E-state index contributed by atoms with van der Waals surface area (Å²) in [4.78, 5) is 40.2. The second kappa shape index (κ2) is 11.5. The molecular weight excluding hydrogens is 491 g/mol. The fourth-order valence-electron chi connectivity index (χ4n) is 4.76. The minimum Gasteiger partial charge on any atom is -0.391 e. The molecule has 0 aliphatic carbocycles. The molecule has 11 heteroatoms. The second-order valence-corrected chi connectivity index (χ2v) is 9.84. The van der Waals surface area contributed by atoms with E-state index in [9.17, 15) is 23.9 Å². The highest BCUT2D eigenvalue weighted by molar-refractivity contribution is 5.93. The molecule has 4 atom stereocenters. The molecule has 2 heterocycles. The normalized spacial score (nSPS) is 18.8. The first-order chi connectivity index (χ1) is 18.1. The van der Waals surface area contributed by atoms with E-state index in [1.165, 1.54) is 4.90 Å². The van der Waals surface area contributed by atoms with Gasteiger partial charge in [-0.1, -0.05) is 78.8 Å². The first-order valence-electron chi connectivity index (χ1n) is 12.4. The first kappa shape index (κ1) is 26.9. The quantitative estimate of drug-likeness (QED) is 0.388. The number of aliphatic hydroxyl groups excluding tert-OH is 1. The van der Waals surface area contributed by atoms with Crippen molar-refractivity contribution >= 4 is 17.7 Å². The number of hydrogen-bond donors (Lipinski definition) is 3. The molecule has 0 saturated carbocycles. The zero-order valence-electron chi connectivity index (χ0n) is 21.2. The van der Waals surface area contributed by atoms with E-state index < -0.39 is 47.9 Å². The molecule has 1 fully saturated rings. The molecule has 3 aromatic rings. The summed E-state index contributed by atoms with van der Waals surface area (Å²) in [5.74, 6) is -2.97. The standard InChI is InChI=1S/C27H31FN6O4/c1-16(2)24(34-15-23(28)31-32-34)27(38)33-14-20(35)13-22(33)26(37)30-21(25(29)36)12-17-8-10-19(11-9-17)18-6-4-3-5-7-18/h3-11,15-16,20-22,24,35H,12-14H2,1-2H3,(H2,29,36)(H,30,37)/t20-,21-,22+,24+/m1/s1. The SMILES string of the molecule is CC(C)[C@@H](C(=O)N1C[C@H](O)C[C@H]1C(=O)N[C@H](Cc1ccc(-c2ccccc2)cc1)C(N)=O)n1cc(F)nn1. The third kappa shape index (κ3) is 6.05. The van der Waals surface area contributed by atoms with Crippen molar-refractivity contribution in [3.63, 3.8) is 0 Å². The summed E-state index contributed by atoms with van der Waals surface area (Å²) in [5.41, 5.74) is 8.46. The van der Waals surface area contributed by atoms with Crippen molar-refractivity contribution < 1.29 is 23.9 Å². The molecular formula is C27H31FN6O4. The molecule has 0 unspecified atom stereocenters. The van der Waals surface area contributed by atoms with Crippen LogP contribution in [0.2, 0.25) is 0 Å². The van der Waals surface area contributed by atoms with Crippen LogP contribution in [0.15, 0.2) is 60.8 Å². The van der Waals surface area contributed by atoms with Gasteiger partial charge in [-0.05, 0) is 22.6 Å². The maximum Gasteiger partial charge on any atom is 0.252 e.